The second-order valence-electron chi connectivity index (χ2n) is 8.39. The minimum Gasteiger partial charge on any atom is -0.507 e. The molecule has 7 N–H and O–H groups in total. The van der Waals surface area contributed by atoms with E-state index in [-0.39, 0.29) is 18.1 Å². The zero-order chi connectivity index (χ0) is 24.6. The fourth-order valence-electron chi connectivity index (χ4n) is 3.91. The number of ether oxygens (including phenoxy) is 4. The second-order valence-corrected chi connectivity index (χ2v) is 8.39. The highest BCUT2D eigenvalue weighted by molar-refractivity contribution is 5.68. The van der Waals surface area contributed by atoms with Crippen molar-refractivity contribution in [2.75, 3.05) is 13.2 Å². The average Bonchev–Trinajstić information content (AvgIpc) is 2.80. The number of benzene rings is 1. The number of aromatic hydroxyl groups is 1. The maximum absolute atomic E-state index is 10.5. The molecule has 0 saturated carbocycles. The lowest BCUT2D eigenvalue weighted by Gasteiger charge is -2.41. The second kappa shape index (κ2) is 10.2. The van der Waals surface area contributed by atoms with Crippen LogP contribution in [0.1, 0.15) is 22.3 Å². The molecule has 1 aromatic rings. The zero-order valence-electron chi connectivity index (χ0n) is 18.7. The van der Waals surface area contributed by atoms with E-state index in [0.717, 1.165) is 0 Å². The molecule has 9 atom stereocenters. The van der Waals surface area contributed by atoms with E-state index < -0.39 is 61.9 Å². The molecule has 11 heteroatoms. The highest BCUT2D eigenvalue weighted by Gasteiger charge is 2.46. The van der Waals surface area contributed by atoms with Crippen molar-refractivity contribution in [2.45, 2.75) is 76.1 Å². The van der Waals surface area contributed by atoms with Crippen molar-refractivity contribution in [1.29, 1.82) is 0 Å². The number of aliphatic hydroxyl groups excluding tert-OH is 6. The van der Waals surface area contributed by atoms with E-state index in [2.05, 4.69) is 6.58 Å². The van der Waals surface area contributed by atoms with Gasteiger partial charge in [-0.3, -0.25) is 0 Å². The average molecular weight is 472 g/mol. The molecule has 0 bridgehead atoms. The number of hydrogen-bond donors (Lipinski definition) is 7. The summed E-state index contributed by atoms with van der Waals surface area (Å²) in [6.07, 6.45) is -11.5. The smallest absolute Gasteiger partial charge is 0.229 e. The lowest BCUT2D eigenvalue weighted by molar-refractivity contribution is -0.307. The van der Waals surface area contributed by atoms with Gasteiger partial charge in [-0.15, -0.1) is 0 Å². The highest BCUT2D eigenvalue weighted by Crippen LogP contribution is 2.39. The van der Waals surface area contributed by atoms with Crippen LogP contribution in [0, 0.1) is 20.8 Å². The molecule has 0 aromatic heterocycles. The Labute approximate surface area is 191 Å². The van der Waals surface area contributed by atoms with E-state index in [1.54, 1.807) is 20.8 Å². The maximum atomic E-state index is 10.5. The number of phenolic OH excluding ortho intramolecular Hbond substituents is 1. The third-order valence-corrected chi connectivity index (χ3v) is 6.25. The van der Waals surface area contributed by atoms with Gasteiger partial charge in [-0.1, -0.05) is 12.7 Å². The van der Waals surface area contributed by atoms with Crippen LogP contribution >= 0.6 is 0 Å². The first kappa shape index (κ1) is 25.8. The van der Waals surface area contributed by atoms with Crippen LogP contribution in [0.2, 0.25) is 0 Å². The van der Waals surface area contributed by atoms with Crippen LogP contribution in [0.3, 0.4) is 0 Å². The van der Waals surface area contributed by atoms with Gasteiger partial charge in [0.1, 0.15) is 54.2 Å². The Morgan fingerprint density at radius 2 is 1.52 bits per heavy atom. The number of phenols is 1. The summed E-state index contributed by atoms with van der Waals surface area (Å²) in [5.74, 6) is 0.369. The Morgan fingerprint density at radius 1 is 0.879 bits per heavy atom. The molecule has 0 aliphatic carbocycles. The van der Waals surface area contributed by atoms with Crippen molar-refractivity contribution in [3.8, 4) is 11.5 Å². The quantitative estimate of drug-likeness (QED) is 0.259. The van der Waals surface area contributed by atoms with E-state index in [1.807, 2.05) is 0 Å². The molecule has 1 aromatic carbocycles. The van der Waals surface area contributed by atoms with E-state index in [4.69, 9.17) is 18.9 Å². The maximum Gasteiger partial charge on any atom is 0.229 e. The predicted molar refractivity (Wildman–Crippen MR) is 113 cm³/mol. The summed E-state index contributed by atoms with van der Waals surface area (Å²) in [5.41, 5.74) is 2.12. The summed E-state index contributed by atoms with van der Waals surface area (Å²) in [4.78, 5) is 0. The van der Waals surface area contributed by atoms with Gasteiger partial charge >= 0.3 is 0 Å². The summed E-state index contributed by atoms with van der Waals surface area (Å²) >= 11 is 0. The molecule has 0 amide bonds. The van der Waals surface area contributed by atoms with Crippen molar-refractivity contribution in [1.82, 2.24) is 0 Å². The fraction of sp³-hybridized carbons (Fsp3) is 0.636. The first-order valence-electron chi connectivity index (χ1n) is 10.6. The normalized spacial score (nSPS) is 37.1. The Hall–Kier alpha value is -1.80. The van der Waals surface area contributed by atoms with Gasteiger partial charge in [0, 0.05) is 11.1 Å². The van der Waals surface area contributed by atoms with E-state index in [9.17, 15) is 35.7 Å². The number of hydrogen-bond acceptors (Lipinski definition) is 11. The van der Waals surface area contributed by atoms with Crippen LogP contribution in [-0.4, -0.2) is 104 Å². The van der Waals surface area contributed by atoms with Crippen molar-refractivity contribution < 1.29 is 54.7 Å². The first-order valence-corrected chi connectivity index (χ1v) is 10.6. The molecular weight excluding hydrogens is 440 g/mol. The molecule has 0 radical (unpaired) electrons. The van der Waals surface area contributed by atoms with Gasteiger partial charge in [0.25, 0.3) is 0 Å². The van der Waals surface area contributed by atoms with E-state index in [1.165, 1.54) is 6.08 Å². The molecule has 33 heavy (non-hydrogen) atoms. The molecule has 2 aliphatic heterocycles. The molecule has 0 spiro atoms. The van der Waals surface area contributed by atoms with Gasteiger partial charge in [-0.05, 0) is 31.9 Å². The van der Waals surface area contributed by atoms with Gasteiger partial charge in [-0.25, -0.2) is 0 Å². The fourth-order valence-corrected chi connectivity index (χ4v) is 3.91. The van der Waals surface area contributed by atoms with Crippen LogP contribution in [0.5, 0.6) is 11.5 Å². The molecule has 0 unspecified atom stereocenters. The summed E-state index contributed by atoms with van der Waals surface area (Å²) in [5, 5.41) is 70.8. The molecule has 11 nitrogen and oxygen atoms in total. The minimum absolute atomic E-state index is 0.0833. The zero-order valence-corrected chi connectivity index (χ0v) is 18.7. The minimum atomic E-state index is -1.64. The predicted octanol–water partition coefficient (Wildman–Crippen LogP) is -1.40. The standard InChI is InChI=1S/C22H32O11/c1-5-11-10(4)14(24)8(2)9(3)20(11)33-22-19(29)17(27)16(26)13(32-22)7-31-21-18(28)15(25)12(23)6-30-21/h5,12-13,15-19,21-29H,1,6-7H2,2-4H3/t12-,13-,15+,16-,17+,18-,19-,21+,22+/m1/s1. The third kappa shape index (κ3) is 4.87. The van der Waals surface area contributed by atoms with Crippen molar-refractivity contribution >= 4 is 6.08 Å². The first-order chi connectivity index (χ1) is 15.5. The van der Waals surface area contributed by atoms with Gasteiger partial charge in [0.15, 0.2) is 6.29 Å². The van der Waals surface area contributed by atoms with Crippen LogP contribution in [0.4, 0.5) is 0 Å². The molecule has 186 valence electrons. The van der Waals surface area contributed by atoms with Crippen LogP contribution in [0.15, 0.2) is 6.58 Å². The summed E-state index contributed by atoms with van der Waals surface area (Å²) in [6, 6.07) is 0. The van der Waals surface area contributed by atoms with E-state index >= 15 is 0 Å². The van der Waals surface area contributed by atoms with Crippen LogP contribution in [0.25, 0.3) is 6.08 Å². The van der Waals surface area contributed by atoms with E-state index in [0.29, 0.717) is 22.3 Å². The monoisotopic (exact) mass is 472 g/mol. The highest BCUT2D eigenvalue weighted by atomic mass is 16.7. The van der Waals surface area contributed by atoms with Crippen molar-refractivity contribution in [3.63, 3.8) is 0 Å². The summed E-state index contributed by atoms with van der Waals surface area (Å²) < 4.78 is 22.1. The topological polar surface area (TPSA) is 179 Å². The van der Waals surface area contributed by atoms with Gasteiger partial charge in [0.2, 0.25) is 6.29 Å². The van der Waals surface area contributed by atoms with Gasteiger partial charge in [-0.2, -0.15) is 0 Å². The van der Waals surface area contributed by atoms with Gasteiger partial charge in [0.05, 0.1) is 13.2 Å². The Morgan fingerprint density at radius 3 is 2.15 bits per heavy atom. The number of aliphatic hydroxyl groups is 6. The summed E-state index contributed by atoms with van der Waals surface area (Å²) in [6.45, 7) is 8.16. The van der Waals surface area contributed by atoms with Crippen molar-refractivity contribution in [3.05, 3.63) is 28.8 Å². The Kier molecular flexibility index (Phi) is 7.99. The number of rotatable bonds is 6. The molecule has 3 rings (SSSR count). The van der Waals surface area contributed by atoms with Crippen LogP contribution in [-0.2, 0) is 14.2 Å². The molecule has 2 heterocycles. The van der Waals surface area contributed by atoms with Gasteiger partial charge < -0.3 is 54.7 Å². The molecule has 2 fully saturated rings. The Balaban J connectivity index is 1.77. The third-order valence-electron chi connectivity index (χ3n) is 6.25. The molecule has 2 saturated heterocycles. The van der Waals surface area contributed by atoms with Crippen molar-refractivity contribution in [2.24, 2.45) is 0 Å². The lowest BCUT2D eigenvalue weighted by Crippen LogP contribution is -2.61. The largest absolute Gasteiger partial charge is 0.507 e. The lowest BCUT2D eigenvalue weighted by atomic mass is 9.96. The summed E-state index contributed by atoms with van der Waals surface area (Å²) in [7, 11) is 0. The SMILES string of the molecule is C=Cc1c(C)c(O)c(C)c(C)c1O[C@@H]1O[C@H](CO[C@@H]2OC[C@@H](O)[C@H](O)[C@H]2O)[C@@H](O)[C@H](O)[C@H]1O. The Bertz CT molecular complexity index is 859. The molecule has 2 aliphatic rings. The molecular formula is C22H32O11. The van der Waals surface area contributed by atoms with Crippen LogP contribution < -0.4 is 4.74 Å².